The number of nitrogens with zero attached hydrogens (tertiary/aromatic N) is 2. The Balaban J connectivity index is 2.27. The Hall–Kier alpha value is -0.650. The van der Waals surface area contributed by atoms with Crippen molar-refractivity contribution in [2.75, 3.05) is 39.8 Å². The molecule has 1 fully saturated rings. The third-order valence-corrected chi connectivity index (χ3v) is 3.41. The molecular formula is C12H26N4O. The van der Waals surface area contributed by atoms with E-state index in [2.05, 4.69) is 22.3 Å². The quantitative estimate of drug-likeness (QED) is 0.392. The molecule has 0 radical (unpaired) electrons. The minimum absolute atomic E-state index is 0.106. The Morgan fingerprint density at radius 3 is 2.53 bits per heavy atom. The van der Waals surface area contributed by atoms with Crippen LogP contribution in [0.3, 0.4) is 0 Å². The van der Waals surface area contributed by atoms with Gasteiger partial charge in [-0.25, -0.2) is 5.84 Å². The zero-order valence-electron chi connectivity index (χ0n) is 11.3. The second-order valence-corrected chi connectivity index (χ2v) is 5.64. The van der Waals surface area contributed by atoms with Crippen molar-refractivity contribution < 1.29 is 4.79 Å². The van der Waals surface area contributed by atoms with E-state index in [0.717, 1.165) is 19.6 Å². The summed E-state index contributed by atoms with van der Waals surface area (Å²) in [4.78, 5) is 16.2. The van der Waals surface area contributed by atoms with E-state index in [1.165, 1.54) is 25.9 Å². The van der Waals surface area contributed by atoms with E-state index < -0.39 is 5.41 Å². The van der Waals surface area contributed by atoms with Crippen LogP contribution in [-0.4, -0.2) is 55.5 Å². The topological polar surface area (TPSA) is 61.6 Å². The van der Waals surface area contributed by atoms with Crippen LogP contribution in [0.4, 0.5) is 0 Å². The normalized spacial score (nSPS) is 17.7. The van der Waals surface area contributed by atoms with Crippen LogP contribution in [-0.2, 0) is 4.79 Å². The summed E-state index contributed by atoms with van der Waals surface area (Å²) in [6, 6.07) is 0. The number of likely N-dealkylation sites (tertiary alicyclic amines) is 1. The van der Waals surface area contributed by atoms with Gasteiger partial charge in [0.1, 0.15) is 0 Å². The van der Waals surface area contributed by atoms with E-state index in [1.54, 1.807) is 0 Å². The molecule has 0 saturated carbocycles. The van der Waals surface area contributed by atoms with Gasteiger partial charge in [0.25, 0.3) is 0 Å². The van der Waals surface area contributed by atoms with Gasteiger partial charge in [-0.2, -0.15) is 0 Å². The highest BCUT2D eigenvalue weighted by molar-refractivity contribution is 5.81. The molecule has 1 amide bonds. The number of amides is 1. The number of nitrogens with two attached hydrogens (primary N) is 1. The van der Waals surface area contributed by atoms with Crippen LogP contribution in [0.15, 0.2) is 0 Å². The van der Waals surface area contributed by atoms with Crippen LogP contribution < -0.4 is 11.3 Å². The van der Waals surface area contributed by atoms with Crippen molar-refractivity contribution in [1.29, 1.82) is 0 Å². The molecule has 17 heavy (non-hydrogen) atoms. The predicted octanol–water partition coefficient (Wildman–Crippen LogP) is 0.0301. The van der Waals surface area contributed by atoms with Crippen LogP contribution in [0, 0.1) is 5.41 Å². The minimum Gasteiger partial charge on any atom is -0.304 e. The van der Waals surface area contributed by atoms with Crippen molar-refractivity contribution in [3.8, 4) is 0 Å². The first kappa shape index (κ1) is 14.4. The first-order valence-electron chi connectivity index (χ1n) is 6.37. The van der Waals surface area contributed by atoms with Gasteiger partial charge < -0.3 is 9.80 Å². The lowest BCUT2D eigenvalue weighted by Crippen LogP contribution is -2.47. The molecule has 0 spiro atoms. The molecular weight excluding hydrogens is 216 g/mol. The first-order valence-corrected chi connectivity index (χ1v) is 6.37. The van der Waals surface area contributed by atoms with Gasteiger partial charge in [-0.1, -0.05) is 0 Å². The molecule has 0 aromatic heterocycles. The number of hydrazine groups is 1. The van der Waals surface area contributed by atoms with Crippen molar-refractivity contribution >= 4 is 5.91 Å². The molecule has 5 heteroatoms. The van der Waals surface area contributed by atoms with E-state index in [9.17, 15) is 4.79 Å². The zero-order valence-corrected chi connectivity index (χ0v) is 11.3. The Kier molecular flexibility index (Phi) is 5.36. The van der Waals surface area contributed by atoms with Crippen LogP contribution in [0.2, 0.25) is 0 Å². The molecule has 0 bridgehead atoms. The molecule has 100 valence electrons. The molecule has 0 unspecified atom stereocenters. The second kappa shape index (κ2) is 6.33. The average Bonchev–Trinajstić information content (AvgIpc) is 2.77. The molecule has 1 aliphatic heterocycles. The van der Waals surface area contributed by atoms with Crippen molar-refractivity contribution in [1.82, 2.24) is 15.2 Å². The van der Waals surface area contributed by atoms with Crippen molar-refractivity contribution in [2.24, 2.45) is 11.3 Å². The van der Waals surface area contributed by atoms with Gasteiger partial charge in [-0.05, 0) is 46.8 Å². The Labute approximate surface area is 104 Å². The zero-order chi connectivity index (χ0) is 12.9. The lowest BCUT2D eigenvalue weighted by molar-refractivity contribution is -0.130. The Morgan fingerprint density at radius 1 is 1.41 bits per heavy atom. The Morgan fingerprint density at radius 2 is 2.00 bits per heavy atom. The predicted molar refractivity (Wildman–Crippen MR) is 69.3 cm³/mol. The van der Waals surface area contributed by atoms with E-state index in [0.29, 0.717) is 0 Å². The summed E-state index contributed by atoms with van der Waals surface area (Å²) in [6.07, 6.45) is 2.65. The standard InChI is InChI=1S/C12H26N4O/c1-12(2,11(17)14-13)10-15(3)8-9-16-6-4-5-7-16/h4-10,13H2,1-3H3,(H,14,17). The average molecular weight is 242 g/mol. The lowest BCUT2D eigenvalue weighted by Gasteiger charge is -2.29. The van der Waals surface area contributed by atoms with Gasteiger partial charge >= 0.3 is 0 Å². The van der Waals surface area contributed by atoms with Gasteiger partial charge in [0.15, 0.2) is 0 Å². The molecule has 0 aromatic rings. The third kappa shape index (κ3) is 4.61. The minimum atomic E-state index is -0.436. The molecule has 0 aliphatic carbocycles. The first-order chi connectivity index (χ1) is 7.95. The molecule has 1 heterocycles. The highest BCUT2D eigenvalue weighted by Gasteiger charge is 2.28. The monoisotopic (exact) mass is 242 g/mol. The van der Waals surface area contributed by atoms with Gasteiger partial charge in [0.2, 0.25) is 5.91 Å². The van der Waals surface area contributed by atoms with E-state index in [-0.39, 0.29) is 5.91 Å². The molecule has 5 nitrogen and oxygen atoms in total. The number of hydrogen-bond acceptors (Lipinski definition) is 4. The summed E-state index contributed by atoms with van der Waals surface area (Å²) < 4.78 is 0. The maximum absolute atomic E-state index is 11.6. The van der Waals surface area contributed by atoms with Crippen molar-refractivity contribution in [2.45, 2.75) is 26.7 Å². The number of likely N-dealkylation sites (N-methyl/N-ethyl adjacent to an activating group) is 1. The number of carbonyl (C=O) groups is 1. The molecule has 1 aliphatic rings. The smallest absolute Gasteiger partial charge is 0.240 e. The number of nitrogens with one attached hydrogen (secondary N) is 1. The van der Waals surface area contributed by atoms with Crippen molar-refractivity contribution in [3.05, 3.63) is 0 Å². The highest BCUT2D eigenvalue weighted by atomic mass is 16.2. The fourth-order valence-electron chi connectivity index (χ4n) is 2.34. The van der Waals surface area contributed by atoms with Crippen LogP contribution >= 0.6 is 0 Å². The SMILES string of the molecule is CN(CCN1CCCC1)CC(C)(C)C(=O)NN. The summed E-state index contributed by atoms with van der Waals surface area (Å²) in [6.45, 7) is 9.10. The van der Waals surface area contributed by atoms with Crippen LogP contribution in [0.25, 0.3) is 0 Å². The molecule has 3 N–H and O–H groups in total. The summed E-state index contributed by atoms with van der Waals surface area (Å²) in [5.74, 6) is 5.08. The fraction of sp³-hybridized carbons (Fsp3) is 0.917. The Bertz CT molecular complexity index is 249. The molecule has 0 aromatic carbocycles. The summed E-state index contributed by atoms with van der Waals surface area (Å²) in [7, 11) is 2.06. The van der Waals surface area contributed by atoms with Gasteiger partial charge in [0, 0.05) is 19.6 Å². The third-order valence-electron chi connectivity index (χ3n) is 3.41. The van der Waals surface area contributed by atoms with Crippen LogP contribution in [0.1, 0.15) is 26.7 Å². The van der Waals surface area contributed by atoms with Gasteiger partial charge in [-0.15, -0.1) is 0 Å². The molecule has 1 saturated heterocycles. The van der Waals surface area contributed by atoms with Gasteiger partial charge in [-0.3, -0.25) is 10.2 Å². The molecule has 1 rings (SSSR count). The van der Waals surface area contributed by atoms with E-state index in [4.69, 9.17) is 5.84 Å². The summed E-state index contributed by atoms with van der Waals surface area (Å²) in [5.41, 5.74) is 1.80. The maximum Gasteiger partial charge on any atom is 0.240 e. The summed E-state index contributed by atoms with van der Waals surface area (Å²) >= 11 is 0. The summed E-state index contributed by atoms with van der Waals surface area (Å²) in [5, 5.41) is 0. The van der Waals surface area contributed by atoms with Gasteiger partial charge in [0.05, 0.1) is 5.41 Å². The lowest BCUT2D eigenvalue weighted by atomic mass is 9.92. The highest BCUT2D eigenvalue weighted by Crippen LogP contribution is 2.16. The number of carbonyl (C=O) groups excluding carboxylic acids is 1. The number of rotatable bonds is 6. The van der Waals surface area contributed by atoms with E-state index >= 15 is 0 Å². The maximum atomic E-state index is 11.6. The second-order valence-electron chi connectivity index (χ2n) is 5.64. The van der Waals surface area contributed by atoms with E-state index in [1.807, 2.05) is 13.8 Å². The largest absolute Gasteiger partial charge is 0.304 e. The van der Waals surface area contributed by atoms with Crippen molar-refractivity contribution in [3.63, 3.8) is 0 Å². The number of hydrogen-bond donors (Lipinski definition) is 2. The fourth-order valence-corrected chi connectivity index (χ4v) is 2.34. The van der Waals surface area contributed by atoms with Crippen LogP contribution in [0.5, 0.6) is 0 Å². The molecule has 0 atom stereocenters.